The predicted molar refractivity (Wildman–Crippen MR) is 128 cm³/mol. The number of aryl methyl sites for hydroxylation is 1. The highest BCUT2D eigenvalue weighted by Gasteiger charge is 2.27. The Morgan fingerprint density at radius 3 is 2.86 bits per heavy atom. The lowest BCUT2D eigenvalue weighted by molar-refractivity contribution is 0.289. The predicted octanol–water partition coefficient (Wildman–Crippen LogP) is 7.99. The molecule has 0 amide bonds. The normalized spacial score (nSPS) is 21.1. The number of hydrogen-bond donors (Lipinski definition) is 0. The fourth-order valence-electron chi connectivity index (χ4n) is 4.68. The summed E-state index contributed by atoms with van der Waals surface area (Å²) in [6.45, 7) is 4.59. The van der Waals surface area contributed by atoms with Gasteiger partial charge in [-0.15, -0.1) is 0 Å². The summed E-state index contributed by atoms with van der Waals surface area (Å²) in [6, 6.07) is 9.14. The van der Waals surface area contributed by atoms with Gasteiger partial charge in [-0.2, -0.15) is 11.8 Å². The van der Waals surface area contributed by atoms with Crippen LogP contribution in [0.3, 0.4) is 0 Å². The fraction of sp³-hybridized carbons (Fsp3) is 0.407. The second kappa shape index (κ2) is 8.74. The Labute approximate surface area is 174 Å². The minimum Gasteiger partial charge on any atom is -0.161 e. The third kappa shape index (κ3) is 4.01. The number of allylic oxidation sites excluding steroid dienone is 4. The third-order valence-corrected chi connectivity index (χ3v) is 7.98. The van der Waals surface area contributed by atoms with E-state index >= 15 is 0 Å². The standard InChI is InChI=1S/C27H32S/c1-3-27(17-6-4-7-18-27)20-28-19-8-5-10-22-15-16-24-21(2)13-14-23-11-9-12-25(22)26(23)24/h4-6,9-11,13-16H,3,7-8,12,17-20H2,1-2H3/b10-5-. The molecule has 2 aliphatic rings. The molecule has 0 N–H and O–H groups in total. The van der Waals surface area contributed by atoms with Crippen LogP contribution in [0.1, 0.15) is 61.3 Å². The lowest BCUT2D eigenvalue weighted by Gasteiger charge is -2.33. The summed E-state index contributed by atoms with van der Waals surface area (Å²) in [6.07, 6.45) is 21.6. The summed E-state index contributed by atoms with van der Waals surface area (Å²) >= 11 is 2.15. The van der Waals surface area contributed by atoms with E-state index in [0.717, 1.165) is 12.8 Å². The van der Waals surface area contributed by atoms with Crippen molar-refractivity contribution in [1.29, 1.82) is 0 Å². The van der Waals surface area contributed by atoms with E-state index in [-0.39, 0.29) is 0 Å². The first-order valence-electron chi connectivity index (χ1n) is 10.8. The Morgan fingerprint density at radius 2 is 2.04 bits per heavy atom. The van der Waals surface area contributed by atoms with Crippen molar-refractivity contribution in [2.24, 2.45) is 5.41 Å². The molecule has 0 radical (unpaired) electrons. The molecule has 0 aromatic heterocycles. The fourth-order valence-corrected chi connectivity index (χ4v) is 6.02. The maximum Gasteiger partial charge on any atom is -0.000772 e. The monoisotopic (exact) mass is 388 g/mol. The first-order valence-corrected chi connectivity index (χ1v) is 12.0. The van der Waals surface area contributed by atoms with Crippen LogP contribution in [0.15, 0.2) is 48.6 Å². The zero-order chi connectivity index (χ0) is 19.4. The summed E-state index contributed by atoms with van der Waals surface area (Å²) in [5.41, 5.74) is 6.22. The van der Waals surface area contributed by atoms with Gasteiger partial charge in [-0.3, -0.25) is 0 Å². The molecule has 0 heterocycles. The van der Waals surface area contributed by atoms with Crippen molar-refractivity contribution in [3.63, 3.8) is 0 Å². The average Bonchev–Trinajstić information content (AvgIpc) is 2.74. The highest BCUT2D eigenvalue weighted by atomic mass is 32.2. The van der Waals surface area contributed by atoms with Crippen LogP contribution in [0.5, 0.6) is 0 Å². The molecule has 0 spiro atoms. The van der Waals surface area contributed by atoms with E-state index < -0.39 is 0 Å². The van der Waals surface area contributed by atoms with E-state index in [4.69, 9.17) is 0 Å². The van der Waals surface area contributed by atoms with Gasteiger partial charge in [-0.05, 0) is 95.4 Å². The van der Waals surface area contributed by atoms with Crippen LogP contribution in [0.2, 0.25) is 0 Å². The Balaban J connectivity index is 1.39. The zero-order valence-corrected chi connectivity index (χ0v) is 18.2. The van der Waals surface area contributed by atoms with Gasteiger partial charge in [-0.25, -0.2) is 0 Å². The van der Waals surface area contributed by atoms with Gasteiger partial charge in [0.2, 0.25) is 0 Å². The van der Waals surface area contributed by atoms with Crippen LogP contribution < -0.4 is 0 Å². The van der Waals surface area contributed by atoms with Crippen molar-refractivity contribution in [3.8, 4) is 0 Å². The number of rotatable bonds is 7. The van der Waals surface area contributed by atoms with Gasteiger partial charge >= 0.3 is 0 Å². The number of benzene rings is 2. The average molecular weight is 389 g/mol. The summed E-state index contributed by atoms with van der Waals surface area (Å²) in [4.78, 5) is 0. The molecule has 1 heteroatoms. The van der Waals surface area contributed by atoms with Gasteiger partial charge in [0, 0.05) is 0 Å². The van der Waals surface area contributed by atoms with Gasteiger partial charge in [-0.1, -0.05) is 67.6 Å². The maximum atomic E-state index is 2.41. The molecule has 4 rings (SSSR count). The summed E-state index contributed by atoms with van der Waals surface area (Å²) in [5.74, 6) is 2.55. The topological polar surface area (TPSA) is 0 Å². The quantitative estimate of drug-likeness (QED) is 0.342. The third-order valence-electron chi connectivity index (χ3n) is 6.64. The highest BCUT2D eigenvalue weighted by Crippen LogP contribution is 2.39. The molecule has 2 aromatic carbocycles. The Hall–Kier alpha value is -1.73. The Bertz CT molecular complexity index is 931. The van der Waals surface area contributed by atoms with Crippen molar-refractivity contribution in [3.05, 3.63) is 70.8 Å². The minimum absolute atomic E-state index is 0.562. The molecule has 0 nitrogen and oxygen atoms in total. The van der Waals surface area contributed by atoms with Crippen LogP contribution in [0.4, 0.5) is 0 Å². The van der Waals surface area contributed by atoms with Crippen molar-refractivity contribution < 1.29 is 0 Å². The molecule has 0 saturated heterocycles. The van der Waals surface area contributed by atoms with Gasteiger partial charge in [0.1, 0.15) is 0 Å². The second-order valence-corrected chi connectivity index (χ2v) is 9.55. The molecule has 0 saturated carbocycles. The lowest BCUT2D eigenvalue weighted by Crippen LogP contribution is -2.24. The van der Waals surface area contributed by atoms with E-state index in [1.807, 2.05) is 0 Å². The number of hydrogen-bond acceptors (Lipinski definition) is 1. The van der Waals surface area contributed by atoms with Crippen molar-refractivity contribution >= 4 is 34.7 Å². The first-order chi connectivity index (χ1) is 13.7. The minimum atomic E-state index is 0.562. The van der Waals surface area contributed by atoms with Crippen LogP contribution >= 0.6 is 11.8 Å². The Kier molecular flexibility index (Phi) is 6.11. The van der Waals surface area contributed by atoms with Crippen LogP contribution in [-0.4, -0.2) is 11.5 Å². The molecular formula is C27H32S. The highest BCUT2D eigenvalue weighted by molar-refractivity contribution is 7.99. The molecule has 28 heavy (non-hydrogen) atoms. The molecule has 146 valence electrons. The summed E-state index contributed by atoms with van der Waals surface area (Å²) in [7, 11) is 0. The molecule has 2 aromatic rings. The molecule has 2 aliphatic carbocycles. The van der Waals surface area contributed by atoms with Crippen molar-refractivity contribution in [2.45, 2.75) is 52.4 Å². The van der Waals surface area contributed by atoms with Crippen LogP contribution in [-0.2, 0) is 6.42 Å². The lowest BCUT2D eigenvalue weighted by atomic mass is 9.77. The molecule has 0 aliphatic heterocycles. The van der Waals surface area contributed by atoms with E-state index in [9.17, 15) is 0 Å². The molecule has 1 atom stereocenters. The van der Waals surface area contributed by atoms with E-state index in [0.29, 0.717) is 5.41 Å². The second-order valence-electron chi connectivity index (χ2n) is 8.45. The van der Waals surface area contributed by atoms with Crippen LogP contribution in [0, 0.1) is 12.3 Å². The zero-order valence-electron chi connectivity index (χ0n) is 17.3. The largest absolute Gasteiger partial charge is 0.161 e. The van der Waals surface area contributed by atoms with E-state index in [1.165, 1.54) is 70.2 Å². The molecule has 1 unspecified atom stereocenters. The summed E-state index contributed by atoms with van der Waals surface area (Å²) < 4.78 is 0. The van der Waals surface area contributed by atoms with Gasteiger partial charge in [0.15, 0.2) is 0 Å². The molecular weight excluding hydrogens is 356 g/mol. The number of thioether (sulfide) groups is 1. The first kappa shape index (κ1) is 19.6. The van der Waals surface area contributed by atoms with Gasteiger partial charge < -0.3 is 0 Å². The molecule has 0 bridgehead atoms. The smallest absolute Gasteiger partial charge is 0.000772 e. The van der Waals surface area contributed by atoms with E-state index in [1.54, 1.807) is 0 Å². The van der Waals surface area contributed by atoms with Gasteiger partial charge in [0.05, 0.1) is 0 Å². The van der Waals surface area contributed by atoms with Crippen LogP contribution in [0.25, 0.3) is 22.9 Å². The van der Waals surface area contributed by atoms with Crippen molar-refractivity contribution in [2.75, 3.05) is 11.5 Å². The maximum absolute atomic E-state index is 2.41. The van der Waals surface area contributed by atoms with Crippen molar-refractivity contribution in [1.82, 2.24) is 0 Å². The van der Waals surface area contributed by atoms with Gasteiger partial charge in [0.25, 0.3) is 0 Å². The molecule has 0 fully saturated rings. The Morgan fingerprint density at radius 1 is 1.11 bits per heavy atom. The summed E-state index contributed by atoms with van der Waals surface area (Å²) in [5, 5.41) is 2.88. The SMILES string of the molecule is CCC1(CSCC/C=C\c2ccc3c(C)ccc4c3c2CC=C4)CC=CCC1. The van der Waals surface area contributed by atoms with E-state index in [2.05, 4.69) is 86.3 Å².